The minimum atomic E-state index is 0.353. The van der Waals surface area contributed by atoms with Crippen LogP contribution in [0.5, 0.6) is 11.5 Å². The molecule has 0 fully saturated rings. The molecule has 74 valence electrons. The van der Waals surface area contributed by atoms with Gasteiger partial charge in [-0.05, 0) is 37.1 Å². The fourth-order valence-electron chi connectivity index (χ4n) is 1.03. The molecule has 2 heteroatoms. The molecular formula is C11H18O2. The summed E-state index contributed by atoms with van der Waals surface area (Å²) < 4.78 is 5.02. The molecule has 0 bridgehead atoms. The van der Waals surface area contributed by atoms with E-state index in [1.54, 1.807) is 7.11 Å². The molecule has 0 heterocycles. The van der Waals surface area contributed by atoms with Gasteiger partial charge in [-0.25, -0.2) is 0 Å². The van der Waals surface area contributed by atoms with Gasteiger partial charge in [-0.1, -0.05) is 13.8 Å². The predicted octanol–water partition coefficient (Wildman–Crippen LogP) is 3.04. The molecule has 0 aliphatic heterocycles. The molecule has 1 rings (SSSR count). The van der Waals surface area contributed by atoms with Crippen molar-refractivity contribution in [3.8, 4) is 11.5 Å². The summed E-state index contributed by atoms with van der Waals surface area (Å²) in [5, 5.41) is 9.37. The Morgan fingerprint density at radius 3 is 1.77 bits per heavy atom. The summed E-state index contributed by atoms with van der Waals surface area (Å²) in [7, 11) is 1.62. The zero-order valence-corrected chi connectivity index (χ0v) is 9.01. The van der Waals surface area contributed by atoms with Crippen LogP contribution in [0.4, 0.5) is 0 Å². The van der Waals surface area contributed by atoms with Gasteiger partial charge >= 0.3 is 0 Å². The quantitative estimate of drug-likeness (QED) is 0.723. The monoisotopic (exact) mass is 182 g/mol. The molecule has 1 N–H and O–H groups in total. The molecule has 2 nitrogen and oxygen atoms in total. The molecular weight excluding hydrogens is 164 g/mol. The number of ether oxygens (including phenoxy) is 1. The largest absolute Gasteiger partial charge is 0.507 e. The first-order chi connectivity index (χ1) is 6.15. The molecule has 1 aromatic carbocycles. The molecule has 0 saturated carbocycles. The van der Waals surface area contributed by atoms with Gasteiger partial charge in [0.25, 0.3) is 0 Å². The summed E-state index contributed by atoms with van der Waals surface area (Å²) in [5.74, 6) is 1.14. The van der Waals surface area contributed by atoms with Crippen LogP contribution in [-0.4, -0.2) is 12.2 Å². The average molecular weight is 182 g/mol. The molecule has 0 radical (unpaired) electrons. The van der Waals surface area contributed by atoms with E-state index in [0.29, 0.717) is 5.75 Å². The maximum absolute atomic E-state index is 9.37. The van der Waals surface area contributed by atoms with Gasteiger partial charge in [-0.15, -0.1) is 0 Å². The normalized spacial score (nSPS) is 8.69. The van der Waals surface area contributed by atoms with Gasteiger partial charge in [0.05, 0.1) is 7.11 Å². The first kappa shape index (κ1) is 11.8. The Morgan fingerprint density at radius 1 is 1.08 bits per heavy atom. The van der Waals surface area contributed by atoms with Crippen molar-refractivity contribution in [2.45, 2.75) is 27.7 Å². The number of hydrogen-bond donors (Lipinski definition) is 1. The number of phenolic OH excluding ortho intramolecular Hbond substituents is 1. The van der Waals surface area contributed by atoms with E-state index >= 15 is 0 Å². The SMILES string of the molecule is CC.COc1cc(C)c(O)c(C)c1. The molecule has 0 unspecified atom stereocenters. The fraction of sp³-hybridized carbons (Fsp3) is 0.455. The van der Waals surface area contributed by atoms with E-state index in [1.807, 2.05) is 39.8 Å². The van der Waals surface area contributed by atoms with Gasteiger partial charge in [0.15, 0.2) is 0 Å². The Hall–Kier alpha value is -1.18. The second-order valence-electron chi connectivity index (χ2n) is 2.61. The highest BCUT2D eigenvalue weighted by Crippen LogP contribution is 2.26. The lowest BCUT2D eigenvalue weighted by Crippen LogP contribution is -1.86. The van der Waals surface area contributed by atoms with E-state index in [9.17, 15) is 5.11 Å². The van der Waals surface area contributed by atoms with E-state index in [1.165, 1.54) is 0 Å². The highest BCUT2D eigenvalue weighted by molar-refractivity contribution is 5.44. The predicted molar refractivity (Wildman–Crippen MR) is 55.5 cm³/mol. The number of benzene rings is 1. The van der Waals surface area contributed by atoms with Crippen LogP contribution in [-0.2, 0) is 0 Å². The number of aryl methyl sites for hydroxylation is 2. The standard InChI is InChI=1S/C9H12O2.C2H6/c1-6-4-8(11-3)5-7(2)9(6)10;1-2/h4-5,10H,1-3H3;1-2H3. The van der Waals surface area contributed by atoms with Crippen LogP contribution < -0.4 is 4.74 Å². The zero-order valence-electron chi connectivity index (χ0n) is 9.01. The third-order valence-electron chi connectivity index (χ3n) is 1.70. The number of methoxy groups -OCH3 is 1. The summed E-state index contributed by atoms with van der Waals surface area (Å²) in [6, 6.07) is 3.62. The lowest BCUT2D eigenvalue weighted by Gasteiger charge is -2.05. The van der Waals surface area contributed by atoms with Crippen molar-refractivity contribution < 1.29 is 9.84 Å². The van der Waals surface area contributed by atoms with E-state index in [4.69, 9.17) is 4.74 Å². The topological polar surface area (TPSA) is 29.5 Å². The molecule has 0 saturated heterocycles. The minimum Gasteiger partial charge on any atom is -0.507 e. The van der Waals surface area contributed by atoms with E-state index in [2.05, 4.69) is 0 Å². The fourth-order valence-corrected chi connectivity index (χ4v) is 1.03. The third kappa shape index (κ3) is 2.98. The van der Waals surface area contributed by atoms with Crippen LogP contribution in [0.2, 0.25) is 0 Å². The molecule has 13 heavy (non-hydrogen) atoms. The second-order valence-corrected chi connectivity index (χ2v) is 2.61. The molecule has 0 aromatic heterocycles. The Labute approximate surface area is 80.2 Å². The van der Waals surface area contributed by atoms with Crippen LogP contribution in [0.3, 0.4) is 0 Å². The average Bonchev–Trinajstić information content (AvgIpc) is 2.16. The van der Waals surface area contributed by atoms with Crippen LogP contribution in [0, 0.1) is 13.8 Å². The van der Waals surface area contributed by atoms with Crippen molar-refractivity contribution >= 4 is 0 Å². The first-order valence-electron chi connectivity index (χ1n) is 4.49. The van der Waals surface area contributed by atoms with Crippen LogP contribution in [0.1, 0.15) is 25.0 Å². The van der Waals surface area contributed by atoms with Crippen molar-refractivity contribution in [3.05, 3.63) is 23.3 Å². The van der Waals surface area contributed by atoms with Crippen molar-refractivity contribution in [1.82, 2.24) is 0 Å². The molecule has 1 aromatic rings. The van der Waals surface area contributed by atoms with Gasteiger partial charge in [0.1, 0.15) is 11.5 Å². The minimum absolute atomic E-state index is 0.353. The van der Waals surface area contributed by atoms with E-state index in [-0.39, 0.29) is 0 Å². The summed E-state index contributed by atoms with van der Waals surface area (Å²) in [6.07, 6.45) is 0. The summed E-state index contributed by atoms with van der Waals surface area (Å²) in [5.41, 5.74) is 1.70. The Balaban J connectivity index is 0.000000671. The van der Waals surface area contributed by atoms with Crippen molar-refractivity contribution in [2.24, 2.45) is 0 Å². The number of hydrogen-bond acceptors (Lipinski definition) is 2. The Kier molecular flexibility index (Phi) is 4.97. The van der Waals surface area contributed by atoms with Gasteiger partial charge in [-0.2, -0.15) is 0 Å². The second kappa shape index (κ2) is 5.46. The summed E-state index contributed by atoms with van der Waals surface area (Å²) in [6.45, 7) is 7.70. The number of phenols is 1. The highest BCUT2D eigenvalue weighted by atomic mass is 16.5. The van der Waals surface area contributed by atoms with E-state index < -0.39 is 0 Å². The third-order valence-corrected chi connectivity index (χ3v) is 1.70. The van der Waals surface area contributed by atoms with Gasteiger partial charge in [0.2, 0.25) is 0 Å². The smallest absolute Gasteiger partial charge is 0.121 e. The highest BCUT2D eigenvalue weighted by Gasteiger charge is 2.01. The van der Waals surface area contributed by atoms with Crippen molar-refractivity contribution in [3.63, 3.8) is 0 Å². The number of rotatable bonds is 1. The maximum atomic E-state index is 9.37. The zero-order chi connectivity index (χ0) is 10.4. The Bertz CT molecular complexity index is 244. The molecule has 0 atom stereocenters. The van der Waals surface area contributed by atoms with Crippen LogP contribution in [0.15, 0.2) is 12.1 Å². The summed E-state index contributed by atoms with van der Waals surface area (Å²) in [4.78, 5) is 0. The molecule has 0 aliphatic rings. The Morgan fingerprint density at radius 2 is 1.46 bits per heavy atom. The van der Waals surface area contributed by atoms with E-state index in [0.717, 1.165) is 16.9 Å². The number of aromatic hydroxyl groups is 1. The van der Waals surface area contributed by atoms with Crippen molar-refractivity contribution in [1.29, 1.82) is 0 Å². The van der Waals surface area contributed by atoms with Crippen molar-refractivity contribution in [2.75, 3.05) is 7.11 Å². The molecule has 0 spiro atoms. The lowest BCUT2D eigenvalue weighted by molar-refractivity contribution is 0.410. The van der Waals surface area contributed by atoms with Crippen LogP contribution >= 0.6 is 0 Å². The van der Waals surface area contributed by atoms with Crippen LogP contribution in [0.25, 0.3) is 0 Å². The molecule has 0 aliphatic carbocycles. The molecule has 0 amide bonds. The lowest BCUT2D eigenvalue weighted by atomic mass is 10.1. The van der Waals surface area contributed by atoms with Gasteiger partial charge in [-0.3, -0.25) is 0 Å². The van der Waals surface area contributed by atoms with Gasteiger partial charge < -0.3 is 9.84 Å². The van der Waals surface area contributed by atoms with Gasteiger partial charge in [0, 0.05) is 0 Å². The maximum Gasteiger partial charge on any atom is 0.121 e. The first-order valence-corrected chi connectivity index (χ1v) is 4.49. The summed E-state index contributed by atoms with van der Waals surface area (Å²) >= 11 is 0.